The average molecular weight is 268 g/mol. The smallest absolute Gasteiger partial charge is 0.253 e. The van der Waals surface area contributed by atoms with Gasteiger partial charge in [-0.15, -0.1) is 0 Å². The highest BCUT2D eigenvalue weighted by molar-refractivity contribution is 6.02. The van der Waals surface area contributed by atoms with E-state index >= 15 is 0 Å². The minimum atomic E-state index is -0.295. The van der Waals surface area contributed by atoms with E-state index in [-0.39, 0.29) is 18.2 Å². The first-order chi connectivity index (χ1) is 9.58. The van der Waals surface area contributed by atoms with Gasteiger partial charge in [-0.05, 0) is 37.6 Å². The van der Waals surface area contributed by atoms with Gasteiger partial charge >= 0.3 is 0 Å². The van der Waals surface area contributed by atoms with Gasteiger partial charge in [0.15, 0.2) is 5.78 Å². The van der Waals surface area contributed by atoms with Crippen molar-refractivity contribution in [2.45, 2.75) is 13.8 Å². The van der Waals surface area contributed by atoms with Crippen LogP contribution in [0.5, 0.6) is 0 Å². The molecule has 2 aromatic rings. The number of pyridine rings is 1. The van der Waals surface area contributed by atoms with E-state index in [0.29, 0.717) is 11.1 Å². The number of rotatable bonds is 4. The van der Waals surface area contributed by atoms with Crippen molar-refractivity contribution in [1.29, 1.82) is 0 Å². The summed E-state index contributed by atoms with van der Waals surface area (Å²) in [7, 11) is 0. The molecular formula is C16H16N2O2. The number of aromatic nitrogens is 1. The Bertz CT molecular complexity index is 636. The van der Waals surface area contributed by atoms with Crippen LogP contribution in [-0.2, 0) is 0 Å². The molecule has 0 aliphatic heterocycles. The molecule has 1 heterocycles. The molecule has 20 heavy (non-hydrogen) atoms. The lowest BCUT2D eigenvalue weighted by molar-refractivity contribution is 0.0903. The van der Waals surface area contributed by atoms with Gasteiger partial charge in [-0.2, -0.15) is 0 Å². The van der Waals surface area contributed by atoms with E-state index in [2.05, 4.69) is 10.3 Å². The number of nitrogens with one attached hydrogen (secondary N) is 1. The molecule has 0 saturated heterocycles. The van der Waals surface area contributed by atoms with Crippen molar-refractivity contribution < 1.29 is 9.59 Å². The van der Waals surface area contributed by atoms with Crippen molar-refractivity contribution in [2.75, 3.05) is 6.54 Å². The lowest BCUT2D eigenvalue weighted by Crippen LogP contribution is -2.29. The molecule has 0 aliphatic carbocycles. The number of hydrogen-bond acceptors (Lipinski definition) is 3. The topological polar surface area (TPSA) is 59.1 Å². The first-order valence-electron chi connectivity index (χ1n) is 6.36. The van der Waals surface area contributed by atoms with Gasteiger partial charge in [0, 0.05) is 18.0 Å². The lowest BCUT2D eigenvalue weighted by atomic mass is 10.0. The maximum absolute atomic E-state index is 12.1. The number of Topliss-reactive ketones (excluding diaryl/α,β-unsaturated/α-hetero) is 1. The van der Waals surface area contributed by atoms with Crippen LogP contribution in [0.25, 0.3) is 0 Å². The van der Waals surface area contributed by atoms with Gasteiger partial charge in [0.05, 0.1) is 12.1 Å². The molecule has 2 rings (SSSR count). The molecule has 1 aromatic heterocycles. The van der Waals surface area contributed by atoms with Gasteiger partial charge < -0.3 is 5.32 Å². The van der Waals surface area contributed by atoms with Gasteiger partial charge in [0.25, 0.3) is 5.91 Å². The number of benzene rings is 1. The summed E-state index contributed by atoms with van der Waals surface area (Å²) in [4.78, 5) is 27.8. The van der Waals surface area contributed by atoms with E-state index in [1.807, 2.05) is 32.0 Å². The summed E-state index contributed by atoms with van der Waals surface area (Å²) >= 11 is 0. The Kier molecular flexibility index (Phi) is 4.25. The maximum Gasteiger partial charge on any atom is 0.253 e. The molecule has 4 nitrogen and oxygen atoms in total. The van der Waals surface area contributed by atoms with Crippen LogP contribution in [0.1, 0.15) is 31.8 Å². The molecular weight excluding hydrogens is 252 g/mol. The van der Waals surface area contributed by atoms with Gasteiger partial charge in [0.2, 0.25) is 0 Å². The van der Waals surface area contributed by atoms with Gasteiger partial charge in [0.1, 0.15) is 0 Å². The van der Waals surface area contributed by atoms with Gasteiger partial charge in [-0.25, -0.2) is 0 Å². The summed E-state index contributed by atoms with van der Waals surface area (Å²) in [6.07, 6.45) is 3.07. The van der Waals surface area contributed by atoms with Crippen LogP contribution >= 0.6 is 0 Å². The largest absolute Gasteiger partial charge is 0.345 e. The standard InChI is InChI=1S/C16H16N2O2/c1-11-5-6-12(2)14(8-11)15(19)10-18-16(20)13-4-3-7-17-9-13/h3-9H,10H2,1-2H3,(H,18,20). The molecule has 4 heteroatoms. The van der Waals surface area contributed by atoms with E-state index in [0.717, 1.165) is 11.1 Å². The first kappa shape index (κ1) is 13.9. The fraction of sp³-hybridized carbons (Fsp3) is 0.188. The molecule has 1 aromatic carbocycles. The Labute approximate surface area is 117 Å². The molecule has 0 radical (unpaired) electrons. The summed E-state index contributed by atoms with van der Waals surface area (Å²) in [5, 5.41) is 2.62. The second kappa shape index (κ2) is 6.10. The Morgan fingerprint density at radius 1 is 1.20 bits per heavy atom. The fourth-order valence-corrected chi connectivity index (χ4v) is 1.89. The Hall–Kier alpha value is -2.49. The van der Waals surface area contributed by atoms with E-state index in [1.54, 1.807) is 18.3 Å². The van der Waals surface area contributed by atoms with Crippen LogP contribution in [0, 0.1) is 13.8 Å². The number of ketones is 1. The Morgan fingerprint density at radius 3 is 2.70 bits per heavy atom. The van der Waals surface area contributed by atoms with E-state index in [9.17, 15) is 9.59 Å². The summed E-state index contributed by atoms with van der Waals surface area (Å²) in [6.45, 7) is 3.80. The highest BCUT2D eigenvalue weighted by atomic mass is 16.2. The number of hydrogen-bond donors (Lipinski definition) is 1. The van der Waals surface area contributed by atoms with Crippen molar-refractivity contribution >= 4 is 11.7 Å². The van der Waals surface area contributed by atoms with Crippen molar-refractivity contribution in [3.05, 3.63) is 65.0 Å². The van der Waals surface area contributed by atoms with Gasteiger partial charge in [-0.3, -0.25) is 14.6 Å². The summed E-state index contributed by atoms with van der Waals surface area (Å²) in [6, 6.07) is 9.05. The zero-order chi connectivity index (χ0) is 14.5. The van der Waals surface area contributed by atoms with Crippen LogP contribution in [-0.4, -0.2) is 23.2 Å². The highest BCUT2D eigenvalue weighted by Crippen LogP contribution is 2.11. The lowest BCUT2D eigenvalue weighted by Gasteiger charge is -2.07. The highest BCUT2D eigenvalue weighted by Gasteiger charge is 2.11. The third kappa shape index (κ3) is 3.29. The molecule has 0 spiro atoms. The average Bonchev–Trinajstić information content (AvgIpc) is 2.47. The zero-order valence-corrected chi connectivity index (χ0v) is 11.5. The zero-order valence-electron chi connectivity index (χ0n) is 11.5. The molecule has 0 aliphatic rings. The summed E-state index contributed by atoms with van der Waals surface area (Å²) in [5.41, 5.74) is 3.03. The summed E-state index contributed by atoms with van der Waals surface area (Å²) < 4.78 is 0. The predicted octanol–water partition coefficient (Wildman–Crippen LogP) is 2.31. The molecule has 1 N–H and O–H groups in total. The van der Waals surface area contributed by atoms with E-state index < -0.39 is 0 Å². The molecule has 0 saturated carbocycles. The van der Waals surface area contributed by atoms with Crippen LogP contribution < -0.4 is 5.32 Å². The van der Waals surface area contributed by atoms with Crippen molar-refractivity contribution in [2.24, 2.45) is 0 Å². The SMILES string of the molecule is Cc1ccc(C)c(C(=O)CNC(=O)c2cccnc2)c1. The Balaban J connectivity index is 2.02. The van der Waals surface area contributed by atoms with Gasteiger partial charge in [-0.1, -0.05) is 17.7 Å². The Morgan fingerprint density at radius 2 is 2.00 bits per heavy atom. The number of carbonyl (C=O) groups excluding carboxylic acids is 2. The molecule has 0 bridgehead atoms. The van der Waals surface area contributed by atoms with E-state index in [1.165, 1.54) is 6.20 Å². The minimum Gasteiger partial charge on any atom is -0.345 e. The maximum atomic E-state index is 12.1. The summed E-state index contributed by atoms with van der Waals surface area (Å²) in [5.74, 6) is -0.389. The minimum absolute atomic E-state index is 0.0159. The van der Waals surface area contributed by atoms with Crippen LogP contribution in [0.2, 0.25) is 0 Å². The number of carbonyl (C=O) groups is 2. The van der Waals surface area contributed by atoms with Crippen LogP contribution in [0.15, 0.2) is 42.7 Å². The predicted molar refractivity (Wildman–Crippen MR) is 76.8 cm³/mol. The third-order valence-electron chi connectivity index (χ3n) is 3.03. The monoisotopic (exact) mass is 268 g/mol. The molecule has 0 unspecified atom stereocenters. The number of amides is 1. The van der Waals surface area contributed by atoms with Crippen LogP contribution in [0.3, 0.4) is 0 Å². The fourth-order valence-electron chi connectivity index (χ4n) is 1.89. The normalized spacial score (nSPS) is 10.1. The molecule has 0 fully saturated rings. The van der Waals surface area contributed by atoms with E-state index in [4.69, 9.17) is 0 Å². The van der Waals surface area contributed by atoms with Crippen molar-refractivity contribution in [3.63, 3.8) is 0 Å². The molecule has 102 valence electrons. The second-order valence-corrected chi connectivity index (χ2v) is 4.67. The molecule has 0 atom stereocenters. The first-order valence-corrected chi connectivity index (χ1v) is 6.36. The van der Waals surface area contributed by atoms with Crippen LogP contribution in [0.4, 0.5) is 0 Å². The second-order valence-electron chi connectivity index (χ2n) is 4.67. The third-order valence-corrected chi connectivity index (χ3v) is 3.03. The molecule has 1 amide bonds. The number of nitrogens with zero attached hydrogens (tertiary/aromatic N) is 1. The van der Waals surface area contributed by atoms with Crippen molar-refractivity contribution in [3.8, 4) is 0 Å². The van der Waals surface area contributed by atoms with Crippen molar-refractivity contribution in [1.82, 2.24) is 10.3 Å². The quantitative estimate of drug-likeness (QED) is 0.866. The number of aryl methyl sites for hydroxylation is 2.